The molecule has 1 fully saturated rings. The topological polar surface area (TPSA) is 20.3 Å². The normalized spacial score (nSPS) is 22.1. The molecule has 120 valence electrons. The highest BCUT2D eigenvalue weighted by Gasteiger charge is 2.60. The standard InChI is InChI=1S/C18H23ClFNO/c1-11(2)9-13-16(18(13,3)4)17(22)21(5)10-12-14(19)7-6-8-15(12)20/h6-9,13,16H,10H2,1-5H3. The van der Waals surface area contributed by atoms with E-state index in [9.17, 15) is 9.18 Å². The summed E-state index contributed by atoms with van der Waals surface area (Å²) >= 11 is 6.04. The lowest BCUT2D eigenvalue weighted by atomic mass is 10.1. The van der Waals surface area contributed by atoms with Crippen molar-refractivity contribution in [2.24, 2.45) is 17.3 Å². The predicted octanol–water partition coefficient (Wildman–Crippen LogP) is 4.68. The van der Waals surface area contributed by atoms with Gasteiger partial charge >= 0.3 is 0 Å². The van der Waals surface area contributed by atoms with Crippen molar-refractivity contribution in [3.8, 4) is 0 Å². The molecule has 4 heteroatoms. The Morgan fingerprint density at radius 2 is 2.05 bits per heavy atom. The van der Waals surface area contributed by atoms with Crippen LogP contribution < -0.4 is 0 Å². The maximum Gasteiger partial charge on any atom is 0.226 e. The molecule has 1 aromatic rings. The molecule has 2 rings (SSSR count). The molecule has 1 aliphatic rings. The first-order chi connectivity index (χ1) is 10.2. The van der Waals surface area contributed by atoms with Crippen LogP contribution in [0.15, 0.2) is 29.8 Å². The molecule has 2 unspecified atom stereocenters. The predicted molar refractivity (Wildman–Crippen MR) is 88.1 cm³/mol. The zero-order valence-electron chi connectivity index (χ0n) is 13.8. The minimum absolute atomic E-state index is 0.0400. The Labute approximate surface area is 137 Å². The minimum Gasteiger partial charge on any atom is -0.341 e. The quantitative estimate of drug-likeness (QED) is 0.737. The molecule has 2 atom stereocenters. The number of carbonyl (C=O) groups excluding carboxylic acids is 1. The van der Waals surface area contributed by atoms with E-state index in [0.29, 0.717) is 10.6 Å². The van der Waals surface area contributed by atoms with Gasteiger partial charge in [-0.25, -0.2) is 4.39 Å². The van der Waals surface area contributed by atoms with Crippen molar-refractivity contribution in [3.05, 3.63) is 46.3 Å². The first-order valence-corrected chi connectivity index (χ1v) is 7.87. The van der Waals surface area contributed by atoms with Crippen molar-refractivity contribution in [2.75, 3.05) is 7.05 Å². The second-order valence-corrected chi connectivity index (χ2v) is 7.37. The van der Waals surface area contributed by atoms with Crippen LogP contribution in [0.4, 0.5) is 4.39 Å². The first-order valence-electron chi connectivity index (χ1n) is 7.49. The van der Waals surface area contributed by atoms with Gasteiger partial charge < -0.3 is 4.90 Å². The fourth-order valence-electron chi connectivity index (χ4n) is 3.06. The van der Waals surface area contributed by atoms with Crippen LogP contribution in [0.3, 0.4) is 0 Å². The molecule has 0 heterocycles. The lowest BCUT2D eigenvalue weighted by Gasteiger charge is -2.19. The second kappa shape index (κ2) is 6.04. The summed E-state index contributed by atoms with van der Waals surface area (Å²) in [4.78, 5) is 14.2. The largest absolute Gasteiger partial charge is 0.341 e. The van der Waals surface area contributed by atoms with Gasteiger partial charge in [0.15, 0.2) is 0 Å². The Kier molecular flexibility index (Phi) is 4.67. The molecule has 22 heavy (non-hydrogen) atoms. The average Bonchev–Trinajstić information content (AvgIpc) is 2.93. The molecule has 0 aliphatic heterocycles. The number of nitrogens with zero attached hydrogens (tertiary/aromatic N) is 1. The second-order valence-electron chi connectivity index (χ2n) is 6.96. The van der Waals surface area contributed by atoms with Gasteiger partial charge in [-0.15, -0.1) is 0 Å². The summed E-state index contributed by atoms with van der Waals surface area (Å²) in [6.07, 6.45) is 2.16. The number of hydrogen-bond acceptors (Lipinski definition) is 1. The van der Waals surface area contributed by atoms with Gasteiger partial charge in [-0.05, 0) is 37.3 Å². The SMILES string of the molecule is CC(C)=CC1C(C(=O)N(C)Cc2c(F)cccc2Cl)C1(C)C. The van der Waals surface area contributed by atoms with Crippen LogP contribution in [0, 0.1) is 23.1 Å². The van der Waals surface area contributed by atoms with Crippen molar-refractivity contribution >= 4 is 17.5 Å². The number of benzene rings is 1. The lowest BCUT2D eigenvalue weighted by molar-refractivity contribution is -0.132. The van der Waals surface area contributed by atoms with Crippen LogP contribution in [0.5, 0.6) is 0 Å². The van der Waals surface area contributed by atoms with Crippen molar-refractivity contribution < 1.29 is 9.18 Å². The van der Waals surface area contributed by atoms with Crippen LogP contribution in [0.2, 0.25) is 5.02 Å². The van der Waals surface area contributed by atoms with Gasteiger partial charge in [0.05, 0.1) is 5.92 Å². The molecule has 1 saturated carbocycles. The van der Waals surface area contributed by atoms with Crippen LogP contribution >= 0.6 is 11.6 Å². The number of hydrogen-bond donors (Lipinski definition) is 0. The number of amides is 1. The first kappa shape index (κ1) is 17.0. The number of halogens is 2. The summed E-state index contributed by atoms with van der Waals surface area (Å²) in [5, 5.41) is 0.357. The van der Waals surface area contributed by atoms with Gasteiger partial charge in [0.2, 0.25) is 5.91 Å². The highest BCUT2D eigenvalue weighted by atomic mass is 35.5. The fraction of sp³-hybridized carbons (Fsp3) is 0.500. The maximum atomic E-state index is 13.9. The van der Waals surface area contributed by atoms with E-state index in [1.807, 2.05) is 13.8 Å². The third-order valence-electron chi connectivity index (χ3n) is 4.52. The van der Waals surface area contributed by atoms with Crippen LogP contribution in [0.1, 0.15) is 33.3 Å². The third-order valence-corrected chi connectivity index (χ3v) is 4.88. The molecule has 0 saturated heterocycles. The Hall–Kier alpha value is -1.35. The molecule has 1 aromatic carbocycles. The average molecular weight is 324 g/mol. The fourth-order valence-corrected chi connectivity index (χ4v) is 3.28. The van der Waals surface area contributed by atoms with Gasteiger partial charge in [-0.3, -0.25) is 4.79 Å². The summed E-state index contributed by atoms with van der Waals surface area (Å²) < 4.78 is 13.9. The molecular weight excluding hydrogens is 301 g/mol. The van der Waals surface area contributed by atoms with Gasteiger partial charge in [-0.2, -0.15) is 0 Å². The van der Waals surface area contributed by atoms with Crippen LogP contribution in [0.25, 0.3) is 0 Å². The van der Waals surface area contributed by atoms with E-state index >= 15 is 0 Å². The zero-order chi connectivity index (χ0) is 16.7. The van der Waals surface area contributed by atoms with Crippen LogP contribution in [-0.4, -0.2) is 17.9 Å². The Morgan fingerprint density at radius 1 is 1.41 bits per heavy atom. The van der Waals surface area contributed by atoms with Crippen LogP contribution in [-0.2, 0) is 11.3 Å². The minimum atomic E-state index is -0.372. The number of allylic oxidation sites excluding steroid dienone is 2. The van der Waals surface area contributed by atoms with Crippen molar-refractivity contribution in [2.45, 2.75) is 34.2 Å². The molecule has 0 aromatic heterocycles. The van der Waals surface area contributed by atoms with Gasteiger partial charge in [0, 0.05) is 24.2 Å². The Morgan fingerprint density at radius 3 is 2.59 bits per heavy atom. The van der Waals surface area contributed by atoms with E-state index < -0.39 is 0 Å². The third kappa shape index (κ3) is 3.19. The smallest absolute Gasteiger partial charge is 0.226 e. The summed E-state index contributed by atoms with van der Waals surface area (Å²) in [5.74, 6) is -0.114. The van der Waals surface area contributed by atoms with E-state index in [2.05, 4.69) is 19.9 Å². The van der Waals surface area contributed by atoms with E-state index in [0.717, 1.165) is 0 Å². The van der Waals surface area contributed by atoms with Gasteiger partial charge in [0.1, 0.15) is 5.82 Å². The molecular formula is C18H23ClFNO. The van der Waals surface area contributed by atoms with Crippen molar-refractivity contribution in [1.29, 1.82) is 0 Å². The summed E-state index contributed by atoms with van der Waals surface area (Å²) in [6, 6.07) is 4.58. The Bertz CT molecular complexity index is 599. The zero-order valence-corrected chi connectivity index (χ0v) is 14.5. The van der Waals surface area contributed by atoms with Gasteiger partial charge in [0.25, 0.3) is 0 Å². The molecule has 1 aliphatic carbocycles. The highest BCUT2D eigenvalue weighted by molar-refractivity contribution is 6.31. The molecule has 0 bridgehead atoms. The molecule has 2 nitrogen and oxygen atoms in total. The van der Waals surface area contributed by atoms with Crippen molar-refractivity contribution in [3.63, 3.8) is 0 Å². The molecule has 1 amide bonds. The summed E-state index contributed by atoms with van der Waals surface area (Å²) in [7, 11) is 1.71. The number of rotatable bonds is 4. The number of carbonyl (C=O) groups is 1. The summed E-state index contributed by atoms with van der Waals surface area (Å²) in [5.41, 5.74) is 1.55. The van der Waals surface area contributed by atoms with Crippen molar-refractivity contribution in [1.82, 2.24) is 4.90 Å². The van der Waals surface area contributed by atoms with E-state index in [1.54, 1.807) is 24.1 Å². The summed E-state index contributed by atoms with van der Waals surface area (Å²) in [6.45, 7) is 8.48. The maximum absolute atomic E-state index is 13.9. The highest BCUT2D eigenvalue weighted by Crippen LogP contribution is 2.60. The molecule has 0 N–H and O–H groups in total. The Balaban J connectivity index is 2.13. The van der Waals surface area contributed by atoms with E-state index in [-0.39, 0.29) is 35.5 Å². The monoisotopic (exact) mass is 323 g/mol. The van der Waals surface area contributed by atoms with Gasteiger partial charge in [-0.1, -0.05) is 43.2 Å². The van der Waals surface area contributed by atoms with E-state index in [4.69, 9.17) is 11.6 Å². The van der Waals surface area contributed by atoms with E-state index in [1.165, 1.54) is 11.6 Å². The molecule has 0 radical (unpaired) electrons. The molecule has 0 spiro atoms. The lowest BCUT2D eigenvalue weighted by Crippen LogP contribution is -2.29.